The summed E-state index contributed by atoms with van der Waals surface area (Å²) in [6.07, 6.45) is 3.78. The molecular weight excluding hydrogens is 427 g/mol. The van der Waals surface area contributed by atoms with E-state index < -0.39 is 6.09 Å². The van der Waals surface area contributed by atoms with Gasteiger partial charge in [0.05, 0.1) is 5.52 Å². The molecule has 10 nitrogen and oxygen atoms in total. The zero-order chi connectivity index (χ0) is 22.9. The number of rotatable bonds is 5. The number of ether oxygens (including phenoxy) is 1. The fourth-order valence-electron chi connectivity index (χ4n) is 3.58. The van der Waals surface area contributed by atoms with Gasteiger partial charge in [-0.1, -0.05) is 18.2 Å². The molecule has 0 radical (unpaired) electrons. The number of imidazole rings is 1. The van der Waals surface area contributed by atoms with E-state index in [0.717, 1.165) is 19.3 Å². The molecule has 1 fully saturated rings. The van der Waals surface area contributed by atoms with Gasteiger partial charge in [0.25, 0.3) is 0 Å². The molecule has 3 aromatic heterocycles. The molecule has 0 unspecified atom stereocenters. The number of nitrogens with two attached hydrogens (primary N) is 2. The lowest BCUT2D eigenvalue weighted by molar-refractivity contribution is 0.0624. The van der Waals surface area contributed by atoms with Crippen molar-refractivity contribution in [3.8, 4) is 11.5 Å². The summed E-state index contributed by atoms with van der Waals surface area (Å²) in [6.45, 7) is 0. The van der Waals surface area contributed by atoms with Crippen LogP contribution in [0.15, 0.2) is 42.6 Å². The number of nitrogens with one attached hydrogen (secondary N) is 1. The Hall–Kier alpha value is -4.28. The lowest BCUT2D eigenvalue weighted by Crippen LogP contribution is -2.28. The molecule has 168 valence electrons. The average Bonchev–Trinajstić information content (AvgIpc) is 3.13. The van der Waals surface area contributed by atoms with Crippen molar-refractivity contribution in [2.24, 2.45) is 0 Å². The summed E-state index contributed by atoms with van der Waals surface area (Å²) in [6, 6.07) is 10.0. The standard InChI is InChI=1S/C22H21FN8O2/c23-14-8-2-1-5-12(14)11-16-27-17(15-9-4-10-26-31(15)16)21-29-19(24)18(20(25)30-21)28-22(32)33-13-6-3-7-13/h1-2,4-5,8-10,13H,3,6-7,11H2,(H,28,32)(H4,24,25,29,30). The van der Waals surface area contributed by atoms with E-state index in [0.29, 0.717) is 22.6 Å². The minimum atomic E-state index is -0.654. The molecule has 5 N–H and O–H groups in total. The summed E-state index contributed by atoms with van der Waals surface area (Å²) >= 11 is 0. The average molecular weight is 448 g/mol. The highest BCUT2D eigenvalue weighted by molar-refractivity contribution is 5.93. The molecule has 4 aromatic rings. The van der Waals surface area contributed by atoms with Crippen LogP contribution in [0.5, 0.6) is 0 Å². The smallest absolute Gasteiger partial charge is 0.412 e. The van der Waals surface area contributed by atoms with Gasteiger partial charge in [0.15, 0.2) is 17.5 Å². The Morgan fingerprint density at radius 1 is 1.12 bits per heavy atom. The number of benzene rings is 1. The maximum atomic E-state index is 14.2. The van der Waals surface area contributed by atoms with Gasteiger partial charge in [0.1, 0.15) is 29.1 Å². The maximum absolute atomic E-state index is 14.2. The summed E-state index contributed by atoms with van der Waals surface area (Å²) in [7, 11) is 0. The van der Waals surface area contributed by atoms with Crippen molar-refractivity contribution in [2.45, 2.75) is 31.8 Å². The van der Waals surface area contributed by atoms with E-state index in [1.54, 1.807) is 41.0 Å². The second kappa shape index (κ2) is 8.34. The topological polar surface area (TPSA) is 146 Å². The first-order valence-corrected chi connectivity index (χ1v) is 10.5. The Labute approximate surface area is 187 Å². The van der Waals surface area contributed by atoms with Crippen molar-refractivity contribution in [3.05, 3.63) is 59.8 Å². The van der Waals surface area contributed by atoms with E-state index in [1.165, 1.54) is 6.07 Å². The lowest BCUT2D eigenvalue weighted by atomic mass is 9.96. The number of carbonyl (C=O) groups excluding carboxylic acids is 1. The normalized spacial score (nSPS) is 13.6. The van der Waals surface area contributed by atoms with Crippen LogP contribution in [0.3, 0.4) is 0 Å². The van der Waals surface area contributed by atoms with Crippen LogP contribution in [-0.2, 0) is 11.2 Å². The van der Waals surface area contributed by atoms with Crippen LogP contribution in [0, 0.1) is 5.82 Å². The van der Waals surface area contributed by atoms with E-state index >= 15 is 0 Å². The van der Waals surface area contributed by atoms with Gasteiger partial charge in [0.2, 0.25) is 0 Å². The minimum absolute atomic E-state index is 0.0243. The number of hydrogen-bond acceptors (Lipinski definition) is 8. The summed E-state index contributed by atoms with van der Waals surface area (Å²) < 4.78 is 21.1. The molecule has 0 aliphatic heterocycles. The van der Waals surface area contributed by atoms with E-state index in [9.17, 15) is 9.18 Å². The molecule has 1 aliphatic rings. The summed E-state index contributed by atoms with van der Waals surface area (Å²) in [5, 5.41) is 6.86. The van der Waals surface area contributed by atoms with Crippen LogP contribution in [0.4, 0.5) is 26.5 Å². The minimum Gasteiger partial charge on any atom is -0.446 e. The summed E-state index contributed by atoms with van der Waals surface area (Å²) in [5.74, 6) is 0.277. The van der Waals surface area contributed by atoms with Gasteiger partial charge in [-0.2, -0.15) is 5.10 Å². The third kappa shape index (κ3) is 4.00. The Morgan fingerprint density at radius 2 is 1.88 bits per heavy atom. The number of aromatic nitrogens is 5. The van der Waals surface area contributed by atoms with Crippen LogP contribution >= 0.6 is 0 Å². The zero-order valence-corrected chi connectivity index (χ0v) is 17.5. The van der Waals surface area contributed by atoms with E-state index in [4.69, 9.17) is 16.2 Å². The van der Waals surface area contributed by atoms with Crippen LogP contribution in [-0.4, -0.2) is 36.8 Å². The molecule has 1 aliphatic carbocycles. The van der Waals surface area contributed by atoms with Gasteiger partial charge in [-0.25, -0.2) is 28.7 Å². The number of amides is 1. The molecule has 11 heteroatoms. The number of anilines is 3. The monoisotopic (exact) mass is 448 g/mol. The lowest BCUT2D eigenvalue weighted by Gasteiger charge is -2.25. The summed E-state index contributed by atoms with van der Waals surface area (Å²) in [5.41, 5.74) is 13.7. The number of carbonyl (C=O) groups is 1. The summed E-state index contributed by atoms with van der Waals surface area (Å²) in [4.78, 5) is 25.3. The van der Waals surface area contributed by atoms with Crippen molar-refractivity contribution < 1.29 is 13.9 Å². The predicted molar refractivity (Wildman–Crippen MR) is 120 cm³/mol. The van der Waals surface area contributed by atoms with Gasteiger partial charge in [0, 0.05) is 12.6 Å². The predicted octanol–water partition coefficient (Wildman–Crippen LogP) is 3.18. The highest BCUT2D eigenvalue weighted by Gasteiger charge is 2.24. The van der Waals surface area contributed by atoms with Crippen LogP contribution in [0.2, 0.25) is 0 Å². The van der Waals surface area contributed by atoms with Gasteiger partial charge in [-0.15, -0.1) is 0 Å². The Kier molecular flexibility index (Phi) is 5.21. The number of nitrogens with zero attached hydrogens (tertiary/aromatic N) is 5. The van der Waals surface area contributed by atoms with Crippen LogP contribution in [0.1, 0.15) is 30.7 Å². The van der Waals surface area contributed by atoms with Gasteiger partial charge >= 0.3 is 6.09 Å². The second-order valence-electron chi connectivity index (χ2n) is 7.74. The molecule has 3 heterocycles. The number of fused-ring (bicyclic) bond motifs is 1. The van der Waals surface area contributed by atoms with Crippen LogP contribution in [0.25, 0.3) is 17.0 Å². The number of halogens is 1. The van der Waals surface area contributed by atoms with Crippen molar-refractivity contribution in [1.82, 2.24) is 24.6 Å². The molecule has 0 bridgehead atoms. The van der Waals surface area contributed by atoms with Gasteiger partial charge in [-0.3, -0.25) is 5.32 Å². The molecule has 1 aromatic carbocycles. The first-order valence-electron chi connectivity index (χ1n) is 10.5. The third-order valence-corrected chi connectivity index (χ3v) is 5.51. The Morgan fingerprint density at radius 3 is 2.58 bits per heavy atom. The molecule has 0 saturated heterocycles. The van der Waals surface area contributed by atoms with E-state index in [2.05, 4.69) is 25.4 Å². The number of hydrogen-bond donors (Lipinski definition) is 3. The third-order valence-electron chi connectivity index (χ3n) is 5.51. The second-order valence-corrected chi connectivity index (χ2v) is 7.74. The molecule has 0 atom stereocenters. The molecule has 1 amide bonds. The van der Waals surface area contributed by atoms with Crippen molar-refractivity contribution in [2.75, 3.05) is 16.8 Å². The molecule has 1 saturated carbocycles. The Bertz CT molecular complexity index is 1330. The fraction of sp³-hybridized carbons (Fsp3) is 0.227. The SMILES string of the molecule is Nc1nc(-c2nc(Cc3ccccc3F)n3ncccc23)nc(N)c1NC(=O)OC1CCC1. The Balaban J connectivity index is 1.49. The number of nitrogen functional groups attached to an aromatic ring is 2. The molecule has 33 heavy (non-hydrogen) atoms. The quantitative estimate of drug-likeness (QED) is 0.422. The maximum Gasteiger partial charge on any atom is 0.412 e. The van der Waals surface area contributed by atoms with Crippen molar-refractivity contribution in [3.63, 3.8) is 0 Å². The largest absolute Gasteiger partial charge is 0.446 e. The molecule has 0 spiro atoms. The van der Waals surface area contributed by atoms with E-state index in [-0.39, 0.29) is 41.5 Å². The van der Waals surface area contributed by atoms with Gasteiger partial charge in [-0.05, 0) is 43.0 Å². The highest BCUT2D eigenvalue weighted by Crippen LogP contribution is 2.30. The fourth-order valence-corrected chi connectivity index (χ4v) is 3.58. The zero-order valence-electron chi connectivity index (χ0n) is 17.5. The first kappa shape index (κ1) is 20.6. The van der Waals surface area contributed by atoms with Crippen molar-refractivity contribution in [1.29, 1.82) is 0 Å². The van der Waals surface area contributed by atoms with Crippen molar-refractivity contribution >= 4 is 28.9 Å². The van der Waals surface area contributed by atoms with E-state index in [1.807, 2.05) is 0 Å². The van der Waals surface area contributed by atoms with Crippen LogP contribution < -0.4 is 16.8 Å². The first-order chi connectivity index (χ1) is 16.0. The van der Waals surface area contributed by atoms with Gasteiger partial charge < -0.3 is 16.2 Å². The molecule has 5 rings (SSSR count). The molecular formula is C22H21FN8O2. The highest BCUT2D eigenvalue weighted by atomic mass is 19.1.